The molecule has 0 unspecified atom stereocenters. The van der Waals surface area contributed by atoms with Gasteiger partial charge in [0.15, 0.2) is 6.10 Å². The molecule has 5 N–H and O–H groups in total. The highest BCUT2D eigenvalue weighted by Crippen LogP contribution is 2.31. The molecule has 0 spiro atoms. The number of fused-ring (bicyclic) bond motifs is 1. The van der Waals surface area contributed by atoms with Crippen LogP contribution in [0.15, 0.2) is 51.9 Å². The molecular formula is C19H14O10. The van der Waals surface area contributed by atoms with Crippen LogP contribution in [-0.4, -0.2) is 49.7 Å². The van der Waals surface area contributed by atoms with Crippen LogP contribution in [-0.2, 0) is 9.59 Å². The fourth-order valence-corrected chi connectivity index (χ4v) is 2.64. The summed E-state index contributed by atoms with van der Waals surface area (Å²) in [6.45, 7) is 0. The molecule has 1 aromatic heterocycles. The molecule has 3 rings (SSSR count). The van der Waals surface area contributed by atoms with Gasteiger partial charge in [-0.2, -0.15) is 0 Å². The standard InChI is InChI=1S/C19H14O10/c20-9-3-1-8(2-4-9)11-7-28-13-6-10(5-12(21)14(13)15(11)22)29-17(19(26)27)16(23)18(24)25/h1-7,16-17,20-21,23H,(H,24,25)(H,26,27)/t16-,17-/m1/s1. The van der Waals surface area contributed by atoms with E-state index in [1.807, 2.05) is 0 Å². The number of phenolic OH excluding ortho intramolecular Hbond substituents is 2. The van der Waals surface area contributed by atoms with Gasteiger partial charge in [0.1, 0.15) is 34.5 Å². The SMILES string of the molecule is O=C(O)[C@H](O)[C@@H](Oc1cc(O)c2c(=O)c(-c3ccc(O)cc3)coc2c1)C(=O)O. The zero-order valence-corrected chi connectivity index (χ0v) is 14.5. The van der Waals surface area contributed by atoms with Crippen molar-refractivity contribution in [3.05, 3.63) is 52.9 Å². The van der Waals surface area contributed by atoms with E-state index in [1.54, 1.807) is 0 Å². The number of aliphatic carboxylic acids is 2. The van der Waals surface area contributed by atoms with Crippen molar-refractivity contribution in [2.24, 2.45) is 0 Å². The summed E-state index contributed by atoms with van der Waals surface area (Å²) in [7, 11) is 0. The highest BCUT2D eigenvalue weighted by molar-refractivity contribution is 5.88. The van der Waals surface area contributed by atoms with E-state index in [2.05, 4.69) is 0 Å². The number of carbonyl (C=O) groups is 2. The fraction of sp³-hybridized carbons (Fsp3) is 0.105. The van der Waals surface area contributed by atoms with Gasteiger partial charge in [0.05, 0.1) is 5.56 Å². The summed E-state index contributed by atoms with van der Waals surface area (Å²) in [6, 6.07) is 7.69. The quantitative estimate of drug-likeness (QED) is 0.402. The number of carboxylic acid groups (broad SMARTS) is 2. The first-order chi connectivity index (χ1) is 13.7. The molecule has 0 fully saturated rings. The van der Waals surface area contributed by atoms with Gasteiger partial charge >= 0.3 is 11.9 Å². The Labute approximate surface area is 161 Å². The lowest BCUT2D eigenvalue weighted by Crippen LogP contribution is -2.43. The van der Waals surface area contributed by atoms with Crippen molar-refractivity contribution < 1.29 is 44.3 Å². The highest BCUT2D eigenvalue weighted by Gasteiger charge is 2.34. The van der Waals surface area contributed by atoms with Gasteiger partial charge in [-0.25, -0.2) is 9.59 Å². The number of aromatic hydroxyl groups is 2. The van der Waals surface area contributed by atoms with Crippen molar-refractivity contribution >= 4 is 22.9 Å². The molecule has 0 amide bonds. The minimum Gasteiger partial charge on any atom is -0.508 e. The van der Waals surface area contributed by atoms with Gasteiger partial charge < -0.3 is 34.7 Å². The molecule has 150 valence electrons. The minimum atomic E-state index is -2.37. The summed E-state index contributed by atoms with van der Waals surface area (Å²) in [4.78, 5) is 34.7. The summed E-state index contributed by atoms with van der Waals surface area (Å²) in [6.07, 6.45) is -3.41. The van der Waals surface area contributed by atoms with Crippen molar-refractivity contribution in [3.63, 3.8) is 0 Å². The van der Waals surface area contributed by atoms with E-state index in [1.165, 1.54) is 24.3 Å². The van der Waals surface area contributed by atoms with Crippen LogP contribution in [0.4, 0.5) is 0 Å². The molecule has 10 nitrogen and oxygen atoms in total. The highest BCUT2D eigenvalue weighted by atomic mass is 16.5. The van der Waals surface area contributed by atoms with Crippen LogP contribution in [0.3, 0.4) is 0 Å². The number of aliphatic hydroxyl groups is 1. The Hall–Kier alpha value is -4.05. The minimum absolute atomic E-state index is 0.0000906. The number of rotatable bonds is 6. The third-order valence-corrected chi connectivity index (χ3v) is 4.05. The molecule has 2 atom stereocenters. The lowest BCUT2D eigenvalue weighted by Gasteiger charge is -2.18. The molecule has 0 saturated carbocycles. The van der Waals surface area contributed by atoms with Crippen molar-refractivity contribution in [1.29, 1.82) is 0 Å². The molecule has 3 aromatic rings. The zero-order chi connectivity index (χ0) is 21.3. The maximum absolute atomic E-state index is 12.7. The second-order valence-corrected chi connectivity index (χ2v) is 6.00. The Balaban J connectivity index is 2.05. The molecule has 0 radical (unpaired) electrons. The second-order valence-electron chi connectivity index (χ2n) is 6.00. The summed E-state index contributed by atoms with van der Waals surface area (Å²) < 4.78 is 10.3. The van der Waals surface area contributed by atoms with E-state index in [-0.39, 0.29) is 28.0 Å². The van der Waals surface area contributed by atoms with E-state index in [0.717, 1.165) is 18.4 Å². The maximum atomic E-state index is 12.7. The number of carboxylic acids is 2. The van der Waals surface area contributed by atoms with E-state index >= 15 is 0 Å². The zero-order valence-electron chi connectivity index (χ0n) is 14.5. The summed E-state index contributed by atoms with van der Waals surface area (Å²) in [5, 5.41) is 46.7. The summed E-state index contributed by atoms with van der Waals surface area (Å²) in [5.74, 6) is -4.49. The molecule has 0 aliphatic carbocycles. The van der Waals surface area contributed by atoms with Crippen molar-refractivity contribution in [3.8, 4) is 28.4 Å². The fourth-order valence-electron chi connectivity index (χ4n) is 2.64. The van der Waals surface area contributed by atoms with Crippen LogP contribution in [0.2, 0.25) is 0 Å². The van der Waals surface area contributed by atoms with Crippen LogP contribution < -0.4 is 10.2 Å². The Morgan fingerprint density at radius 2 is 1.66 bits per heavy atom. The number of hydrogen-bond donors (Lipinski definition) is 5. The predicted molar refractivity (Wildman–Crippen MR) is 96.9 cm³/mol. The second kappa shape index (κ2) is 7.52. The number of benzene rings is 2. The smallest absolute Gasteiger partial charge is 0.348 e. The molecule has 0 aliphatic rings. The van der Waals surface area contributed by atoms with Gasteiger partial charge in [0.25, 0.3) is 0 Å². The molecule has 0 bridgehead atoms. The van der Waals surface area contributed by atoms with Gasteiger partial charge in [0, 0.05) is 12.1 Å². The van der Waals surface area contributed by atoms with Crippen LogP contribution in [0.5, 0.6) is 17.2 Å². The monoisotopic (exact) mass is 402 g/mol. The van der Waals surface area contributed by atoms with Crippen LogP contribution in [0, 0.1) is 0 Å². The maximum Gasteiger partial charge on any atom is 0.348 e. The first kappa shape index (κ1) is 19.7. The predicted octanol–water partition coefficient (Wildman–Crippen LogP) is 1.15. The summed E-state index contributed by atoms with van der Waals surface area (Å²) >= 11 is 0. The van der Waals surface area contributed by atoms with Gasteiger partial charge in [-0.3, -0.25) is 4.79 Å². The molecular weight excluding hydrogens is 388 g/mol. The van der Waals surface area contributed by atoms with Crippen LogP contribution in [0.25, 0.3) is 22.1 Å². The van der Waals surface area contributed by atoms with Crippen LogP contribution in [0.1, 0.15) is 0 Å². The Morgan fingerprint density at radius 3 is 2.24 bits per heavy atom. The van der Waals surface area contributed by atoms with Crippen LogP contribution >= 0.6 is 0 Å². The van der Waals surface area contributed by atoms with Crippen molar-refractivity contribution in [2.45, 2.75) is 12.2 Å². The average Bonchev–Trinajstić information content (AvgIpc) is 2.66. The average molecular weight is 402 g/mol. The molecule has 1 heterocycles. The van der Waals surface area contributed by atoms with E-state index in [0.29, 0.717) is 5.56 Å². The number of phenols is 2. The van der Waals surface area contributed by atoms with E-state index in [4.69, 9.17) is 19.4 Å². The molecule has 10 heteroatoms. The van der Waals surface area contributed by atoms with Gasteiger partial charge in [-0.1, -0.05) is 12.1 Å². The molecule has 0 aliphatic heterocycles. The Bertz CT molecular complexity index is 1150. The third kappa shape index (κ3) is 3.82. The third-order valence-electron chi connectivity index (χ3n) is 4.05. The lowest BCUT2D eigenvalue weighted by molar-refractivity contribution is -0.163. The van der Waals surface area contributed by atoms with Gasteiger partial charge in [-0.05, 0) is 17.7 Å². The first-order valence-electron chi connectivity index (χ1n) is 8.07. The summed E-state index contributed by atoms with van der Waals surface area (Å²) in [5.41, 5.74) is -0.220. The number of ether oxygens (including phenoxy) is 1. The molecule has 2 aromatic carbocycles. The van der Waals surface area contributed by atoms with Gasteiger partial charge in [-0.15, -0.1) is 0 Å². The van der Waals surface area contributed by atoms with E-state index < -0.39 is 35.3 Å². The van der Waals surface area contributed by atoms with Crippen molar-refractivity contribution in [1.82, 2.24) is 0 Å². The topological polar surface area (TPSA) is 175 Å². The number of aliphatic hydroxyl groups excluding tert-OH is 1. The molecule has 29 heavy (non-hydrogen) atoms. The lowest BCUT2D eigenvalue weighted by atomic mass is 10.0. The first-order valence-corrected chi connectivity index (χ1v) is 8.07. The van der Waals surface area contributed by atoms with Crippen molar-refractivity contribution in [2.75, 3.05) is 0 Å². The van der Waals surface area contributed by atoms with E-state index in [9.17, 15) is 29.7 Å². The number of hydrogen-bond acceptors (Lipinski definition) is 8. The largest absolute Gasteiger partial charge is 0.508 e. The normalized spacial score (nSPS) is 13.0. The Kier molecular flexibility index (Phi) is 5.11. The molecule has 0 saturated heterocycles. The van der Waals surface area contributed by atoms with Gasteiger partial charge in [0.2, 0.25) is 11.5 Å². The Morgan fingerprint density at radius 1 is 1.00 bits per heavy atom.